The van der Waals surface area contributed by atoms with Gasteiger partial charge in [-0.15, -0.1) is 12.6 Å². The van der Waals surface area contributed by atoms with Crippen LogP contribution in [0, 0.1) is 0 Å². The number of amides is 1. The number of hydrogen-bond acceptors (Lipinski definition) is 2. The normalized spacial score (nSPS) is 9.77. The molecule has 3 heteroatoms. The highest BCUT2D eigenvalue weighted by Gasteiger charge is 2.08. The standard InChI is InChI=1S/C10H13NOS/c1-3-11(2)10(12)8-4-6-9(13)7-5-8/h4-7,13H,3H2,1-2H3. The van der Waals surface area contributed by atoms with Gasteiger partial charge in [-0.2, -0.15) is 0 Å². The summed E-state index contributed by atoms with van der Waals surface area (Å²) in [6, 6.07) is 7.22. The molecule has 1 aromatic rings. The number of rotatable bonds is 2. The molecule has 0 aromatic heterocycles. The Kier molecular flexibility index (Phi) is 3.37. The summed E-state index contributed by atoms with van der Waals surface area (Å²) < 4.78 is 0. The van der Waals surface area contributed by atoms with Crippen molar-refractivity contribution in [2.45, 2.75) is 11.8 Å². The zero-order chi connectivity index (χ0) is 9.84. The Balaban J connectivity index is 2.83. The number of carbonyl (C=O) groups is 1. The fourth-order valence-corrected chi connectivity index (χ4v) is 1.12. The average molecular weight is 195 g/mol. The van der Waals surface area contributed by atoms with Gasteiger partial charge in [-0.05, 0) is 31.2 Å². The van der Waals surface area contributed by atoms with Crippen LogP contribution in [0.4, 0.5) is 0 Å². The van der Waals surface area contributed by atoms with Gasteiger partial charge in [-0.3, -0.25) is 4.79 Å². The lowest BCUT2D eigenvalue weighted by molar-refractivity contribution is 0.0802. The average Bonchev–Trinajstić information content (AvgIpc) is 2.17. The topological polar surface area (TPSA) is 20.3 Å². The summed E-state index contributed by atoms with van der Waals surface area (Å²) in [4.78, 5) is 14.1. The van der Waals surface area contributed by atoms with E-state index in [4.69, 9.17) is 0 Å². The van der Waals surface area contributed by atoms with E-state index >= 15 is 0 Å². The lowest BCUT2D eigenvalue weighted by Gasteiger charge is -2.14. The summed E-state index contributed by atoms with van der Waals surface area (Å²) in [5.74, 6) is 0.0517. The summed E-state index contributed by atoms with van der Waals surface area (Å²) in [6.45, 7) is 2.67. The van der Waals surface area contributed by atoms with Gasteiger partial charge < -0.3 is 4.90 Å². The first-order valence-electron chi connectivity index (χ1n) is 4.19. The Bertz CT molecular complexity index is 294. The molecule has 0 fully saturated rings. The molecule has 2 nitrogen and oxygen atoms in total. The molecule has 1 rings (SSSR count). The van der Waals surface area contributed by atoms with Gasteiger partial charge in [0.2, 0.25) is 0 Å². The van der Waals surface area contributed by atoms with Crippen LogP contribution in [0.5, 0.6) is 0 Å². The van der Waals surface area contributed by atoms with Crippen LogP contribution in [0.25, 0.3) is 0 Å². The Hall–Kier alpha value is -0.960. The molecular formula is C10H13NOS. The molecule has 0 atom stereocenters. The van der Waals surface area contributed by atoms with Crippen molar-refractivity contribution in [1.82, 2.24) is 4.90 Å². The first kappa shape index (κ1) is 10.1. The van der Waals surface area contributed by atoms with Crippen molar-refractivity contribution in [3.8, 4) is 0 Å². The third-order valence-electron chi connectivity index (χ3n) is 1.94. The zero-order valence-electron chi connectivity index (χ0n) is 7.82. The van der Waals surface area contributed by atoms with Crippen molar-refractivity contribution in [2.75, 3.05) is 13.6 Å². The molecule has 0 saturated carbocycles. The second-order valence-corrected chi connectivity index (χ2v) is 3.38. The second kappa shape index (κ2) is 4.33. The molecule has 0 unspecified atom stereocenters. The molecule has 0 saturated heterocycles. The quantitative estimate of drug-likeness (QED) is 0.716. The van der Waals surface area contributed by atoms with E-state index in [-0.39, 0.29) is 5.91 Å². The predicted octanol–water partition coefficient (Wildman–Crippen LogP) is 2.07. The summed E-state index contributed by atoms with van der Waals surface area (Å²) in [5.41, 5.74) is 0.710. The van der Waals surface area contributed by atoms with Crippen molar-refractivity contribution in [1.29, 1.82) is 0 Å². The molecule has 0 aliphatic carbocycles. The minimum absolute atomic E-state index is 0.0517. The van der Waals surface area contributed by atoms with Crippen molar-refractivity contribution in [2.24, 2.45) is 0 Å². The van der Waals surface area contributed by atoms with Gasteiger partial charge >= 0.3 is 0 Å². The van der Waals surface area contributed by atoms with Gasteiger partial charge in [0.1, 0.15) is 0 Å². The van der Waals surface area contributed by atoms with Crippen LogP contribution in [-0.2, 0) is 0 Å². The van der Waals surface area contributed by atoms with Gasteiger partial charge in [0, 0.05) is 24.1 Å². The first-order valence-corrected chi connectivity index (χ1v) is 4.64. The van der Waals surface area contributed by atoms with Gasteiger partial charge in [-0.1, -0.05) is 0 Å². The molecular weight excluding hydrogens is 182 g/mol. The van der Waals surface area contributed by atoms with E-state index < -0.39 is 0 Å². The number of benzene rings is 1. The van der Waals surface area contributed by atoms with Gasteiger partial charge in [0.05, 0.1) is 0 Å². The molecule has 0 bridgehead atoms. The largest absolute Gasteiger partial charge is 0.342 e. The van der Waals surface area contributed by atoms with E-state index in [0.717, 1.165) is 11.4 Å². The maximum Gasteiger partial charge on any atom is 0.253 e. The van der Waals surface area contributed by atoms with E-state index in [2.05, 4.69) is 12.6 Å². The smallest absolute Gasteiger partial charge is 0.253 e. The summed E-state index contributed by atoms with van der Waals surface area (Å²) in [5, 5.41) is 0. The van der Waals surface area contributed by atoms with Crippen LogP contribution < -0.4 is 0 Å². The number of carbonyl (C=O) groups excluding carboxylic acids is 1. The fourth-order valence-electron chi connectivity index (χ4n) is 0.968. The molecule has 0 heterocycles. The van der Waals surface area contributed by atoms with Crippen LogP contribution in [0.1, 0.15) is 17.3 Å². The Morgan fingerprint density at radius 3 is 2.38 bits per heavy atom. The predicted molar refractivity (Wildman–Crippen MR) is 56.3 cm³/mol. The lowest BCUT2D eigenvalue weighted by atomic mass is 10.2. The van der Waals surface area contributed by atoms with Crippen molar-refractivity contribution in [3.05, 3.63) is 29.8 Å². The minimum Gasteiger partial charge on any atom is -0.342 e. The molecule has 0 aliphatic heterocycles. The van der Waals surface area contributed by atoms with Crippen molar-refractivity contribution in [3.63, 3.8) is 0 Å². The van der Waals surface area contributed by atoms with Crippen LogP contribution in [0.3, 0.4) is 0 Å². The highest BCUT2D eigenvalue weighted by molar-refractivity contribution is 7.80. The van der Waals surface area contributed by atoms with Crippen LogP contribution in [0.2, 0.25) is 0 Å². The number of thiol groups is 1. The molecule has 0 spiro atoms. The van der Waals surface area contributed by atoms with E-state index in [1.165, 1.54) is 0 Å². The summed E-state index contributed by atoms with van der Waals surface area (Å²) >= 11 is 4.15. The SMILES string of the molecule is CCN(C)C(=O)c1ccc(S)cc1. The Morgan fingerprint density at radius 2 is 1.92 bits per heavy atom. The minimum atomic E-state index is 0.0517. The number of nitrogens with zero attached hydrogens (tertiary/aromatic N) is 1. The molecule has 0 radical (unpaired) electrons. The Labute approximate surface area is 84.0 Å². The summed E-state index contributed by atoms with van der Waals surface area (Å²) in [7, 11) is 1.79. The van der Waals surface area contributed by atoms with E-state index in [1.54, 1.807) is 24.1 Å². The number of hydrogen-bond donors (Lipinski definition) is 1. The van der Waals surface area contributed by atoms with Gasteiger partial charge in [0.15, 0.2) is 0 Å². The van der Waals surface area contributed by atoms with Crippen molar-refractivity contribution >= 4 is 18.5 Å². The Morgan fingerprint density at radius 1 is 1.38 bits per heavy atom. The molecule has 0 N–H and O–H groups in total. The molecule has 13 heavy (non-hydrogen) atoms. The fraction of sp³-hybridized carbons (Fsp3) is 0.300. The maximum absolute atomic E-state index is 11.6. The van der Waals surface area contributed by atoms with Crippen molar-refractivity contribution < 1.29 is 4.79 Å². The van der Waals surface area contributed by atoms with Crippen LogP contribution >= 0.6 is 12.6 Å². The lowest BCUT2D eigenvalue weighted by Crippen LogP contribution is -2.26. The third kappa shape index (κ3) is 2.49. The zero-order valence-corrected chi connectivity index (χ0v) is 8.71. The highest BCUT2D eigenvalue weighted by Crippen LogP contribution is 2.09. The molecule has 1 amide bonds. The van der Waals surface area contributed by atoms with Gasteiger partial charge in [0.25, 0.3) is 5.91 Å². The molecule has 70 valence electrons. The highest BCUT2D eigenvalue weighted by atomic mass is 32.1. The maximum atomic E-state index is 11.6. The van der Waals surface area contributed by atoms with Gasteiger partial charge in [-0.25, -0.2) is 0 Å². The van der Waals surface area contributed by atoms with E-state index in [0.29, 0.717) is 5.56 Å². The monoisotopic (exact) mass is 195 g/mol. The van der Waals surface area contributed by atoms with E-state index in [9.17, 15) is 4.79 Å². The van der Waals surface area contributed by atoms with Crippen LogP contribution in [-0.4, -0.2) is 24.4 Å². The van der Waals surface area contributed by atoms with Crippen LogP contribution in [0.15, 0.2) is 29.2 Å². The first-order chi connectivity index (χ1) is 6.15. The molecule has 0 aliphatic rings. The molecule has 1 aromatic carbocycles. The third-order valence-corrected chi connectivity index (χ3v) is 2.23. The van der Waals surface area contributed by atoms with E-state index in [1.807, 2.05) is 19.1 Å². The second-order valence-electron chi connectivity index (χ2n) is 2.87. The summed E-state index contributed by atoms with van der Waals surface area (Å²) in [6.07, 6.45) is 0.